The average Bonchev–Trinajstić information content (AvgIpc) is 3.26. The Kier molecular flexibility index (Phi) is 4.77. The zero-order chi connectivity index (χ0) is 18.8. The number of carbonyl (C=O) groups excluding carboxylic acids is 2. The molecule has 7 heteroatoms. The summed E-state index contributed by atoms with van der Waals surface area (Å²) in [6, 6.07) is 11.2. The van der Waals surface area contributed by atoms with Crippen LogP contribution in [0.1, 0.15) is 52.3 Å². The van der Waals surface area contributed by atoms with Gasteiger partial charge in [0.15, 0.2) is 5.69 Å². The molecule has 2 aromatic heterocycles. The van der Waals surface area contributed by atoms with Gasteiger partial charge in [0.2, 0.25) is 0 Å². The van der Waals surface area contributed by atoms with Crippen LogP contribution in [0.2, 0.25) is 0 Å². The molecule has 138 valence electrons. The van der Waals surface area contributed by atoms with Crippen LogP contribution in [-0.2, 0) is 4.74 Å². The maximum absolute atomic E-state index is 12.6. The predicted molar refractivity (Wildman–Crippen MR) is 102 cm³/mol. The van der Waals surface area contributed by atoms with Crippen LogP contribution in [0.15, 0.2) is 46.3 Å². The van der Waals surface area contributed by atoms with Crippen molar-refractivity contribution in [2.24, 2.45) is 0 Å². The molecule has 1 aliphatic rings. The van der Waals surface area contributed by atoms with Crippen molar-refractivity contribution in [2.45, 2.75) is 25.7 Å². The van der Waals surface area contributed by atoms with Crippen LogP contribution in [0.4, 0.5) is 5.00 Å². The highest BCUT2D eigenvalue weighted by Crippen LogP contribution is 2.40. The van der Waals surface area contributed by atoms with E-state index in [0.717, 1.165) is 29.7 Å². The lowest BCUT2D eigenvalue weighted by Crippen LogP contribution is -2.15. The van der Waals surface area contributed by atoms with Gasteiger partial charge in [0, 0.05) is 22.9 Å². The molecule has 4 rings (SSSR count). The van der Waals surface area contributed by atoms with E-state index < -0.39 is 11.9 Å². The van der Waals surface area contributed by atoms with Gasteiger partial charge in [-0.25, -0.2) is 4.79 Å². The van der Waals surface area contributed by atoms with Crippen LogP contribution >= 0.6 is 11.3 Å². The topological polar surface area (TPSA) is 81.4 Å². The number of amides is 1. The normalized spacial score (nSPS) is 13.4. The van der Waals surface area contributed by atoms with Crippen LogP contribution in [0.5, 0.6) is 0 Å². The van der Waals surface area contributed by atoms with Crippen molar-refractivity contribution in [3.8, 4) is 11.1 Å². The lowest BCUT2D eigenvalue weighted by atomic mass is 10.0. The van der Waals surface area contributed by atoms with Gasteiger partial charge in [0.25, 0.3) is 5.91 Å². The summed E-state index contributed by atoms with van der Waals surface area (Å²) in [5.41, 5.74) is 2.18. The molecule has 2 heterocycles. The number of carbonyl (C=O) groups is 2. The third-order valence-corrected chi connectivity index (χ3v) is 5.22. The molecular weight excluding hydrogens is 364 g/mol. The molecular formula is C20H18N2O4S. The number of aromatic nitrogens is 1. The van der Waals surface area contributed by atoms with Crippen molar-refractivity contribution < 1.29 is 18.8 Å². The Labute approximate surface area is 160 Å². The molecule has 1 N–H and O–H groups in total. The number of rotatable bonds is 6. The minimum absolute atomic E-state index is 0.210. The van der Waals surface area contributed by atoms with Crippen LogP contribution in [0.3, 0.4) is 0 Å². The zero-order valence-corrected chi connectivity index (χ0v) is 15.5. The number of benzene rings is 1. The number of thiophene rings is 1. The fourth-order valence-corrected chi connectivity index (χ4v) is 3.76. The van der Waals surface area contributed by atoms with Crippen molar-refractivity contribution in [2.75, 3.05) is 11.9 Å². The fraction of sp³-hybridized carbons (Fsp3) is 0.250. The van der Waals surface area contributed by atoms with E-state index in [9.17, 15) is 9.59 Å². The SMILES string of the molecule is CCOC(=O)c1c(-c2ccccc2)csc1NC(=O)c1cc(C2CC2)on1. The smallest absolute Gasteiger partial charge is 0.341 e. The number of esters is 1. The monoisotopic (exact) mass is 382 g/mol. The van der Waals surface area contributed by atoms with Crippen molar-refractivity contribution in [1.29, 1.82) is 0 Å². The third-order valence-electron chi connectivity index (χ3n) is 4.32. The Hall–Kier alpha value is -2.93. The van der Waals surface area contributed by atoms with Gasteiger partial charge in [0.1, 0.15) is 16.3 Å². The second kappa shape index (κ2) is 7.36. The van der Waals surface area contributed by atoms with E-state index in [1.165, 1.54) is 11.3 Å². The molecule has 1 aromatic carbocycles. The fourth-order valence-electron chi connectivity index (χ4n) is 2.81. The number of hydrogen-bond acceptors (Lipinski definition) is 6. The Morgan fingerprint density at radius 1 is 1.30 bits per heavy atom. The highest BCUT2D eigenvalue weighted by molar-refractivity contribution is 7.15. The van der Waals surface area contributed by atoms with Gasteiger partial charge in [-0.15, -0.1) is 11.3 Å². The van der Waals surface area contributed by atoms with E-state index in [2.05, 4.69) is 10.5 Å². The number of hydrogen-bond donors (Lipinski definition) is 1. The van der Waals surface area contributed by atoms with E-state index in [-0.39, 0.29) is 12.3 Å². The molecule has 0 aliphatic heterocycles. The first kappa shape index (κ1) is 17.5. The quantitative estimate of drug-likeness (QED) is 0.625. The Morgan fingerprint density at radius 2 is 2.07 bits per heavy atom. The number of nitrogens with one attached hydrogen (secondary N) is 1. The van der Waals surface area contributed by atoms with Crippen LogP contribution < -0.4 is 5.32 Å². The van der Waals surface area contributed by atoms with Gasteiger partial charge in [-0.05, 0) is 25.3 Å². The molecule has 6 nitrogen and oxygen atoms in total. The summed E-state index contributed by atoms with van der Waals surface area (Å²) in [6.07, 6.45) is 2.13. The van der Waals surface area contributed by atoms with Crippen molar-refractivity contribution in [3.05, 3.63) is 58.8 Å². The molecule has 0 spiro atoms. The van der Waals surface area contributed by atoms with Gasteiger partial charge >= 0.3 is 5.97 Å². The van der Waals surface area contributed by atoms with E-state index in [1.807, 2.05) is 35.7 Å². The highest BCUT2D eigenvalue weighted by Gasteiger charge is 2.29. The summed E-state index contributed by atoms with van der Waals surface area (Å²) in [5.74, 6) is 0.242. The van der Waals surface area contributed by atoms with Gasteiger partial charge < -0.3 is 14.6 Å². The maximum Gasteiger partial charge on any atom is 0.341 e. The summed E-state index contributed by atoms with van der Waals surface area (Å²) in [4.78, 5) is 25.1. The Bertz CT molecular complexity index is 973. The standard InChI is InChI=1S/C20H18N2O4S/c1-2-25-20(24)17-14(12-6-4-3-5-7-12)11-27-19(17)21-18(23)15-10-16(26-22-15)13-8-9-13/h3-7,10-11,13H,2,8-9H2,1H3,(H,21,23). The number of ether oxygens (including phenoxy) is 1. The summed E-state index contributed by atoms with van der Waals surface area (Å²) in [5, 5.41) is 8.92. The first-order valence-electron chi connectivity index (χ1n) is 8.79. The molecule has 0 saturated heterocycles. The van der Waals surface area contributed by atoms with Crippen molar-refractivity contribution in [1.82, 2.24) is 5.16 Å². The minimum atomic E-state index is -0.466. The molecule has 27 heavy (non-hydrogen) atoms. The largest absolute Gasteiger partial charge is 0.462 e. The summed E-state index contributed by atoms with van der Waals surface area (Å²) < 4.78 is 10.4. The minimum Gasteiger partial charge on any atom is -0.462 e. The van der Waals surface area contributed by atoms with Crippen LogP contribution in [0.25, 0.3) is 11.1 Å². The first-order valence-corrected chi connectivity index (χ1v) is 9.67. The van der Waals surface area contributed by atoms with Crippen LogP contribution in [0, 0.1) is 0 Å². The molecule has 1 saturated carbocycles. The van der Waals surface area contributed by atoms with E-state index in [0.29, 0.717) is 16.5 Å². The molecule has 1 amide bonds. The van der Waals surface area contributed by atoms with E-state index in [4.69, 9.17) is 9.26 Å². The third kappa shape index (κ3) is 3.64. The maximum atomic E-state index is 12.6. The van der Waals surface area contributed by atoms with Gasteiger partial charge in [-0.3, -0.25) is 4.79 Å². The molecule has 0 unspecified atom stereocenters. The second-order valence-electron chi connectivity index (χ2n) is 6.28. The van der Waals surface area contributed by atoms with E-state index in [1.54, 1.807) is 13.0 Å². The van der Waals surface area contributed by atoms with Crippen molar-refractivity contribution >= 4 is 28.2 Å². The lowest BCUT2D eigenvalue weighted by Gasteiger charge is -2.08. The van der Waals surface area contributed by atoms with Crippen LogP contribution in [-0.4, -0.2) is 23.6 Å². The number of nitrogens with zero attached hydrogens (tertiary/aromatic N) is 1. The van der Waals surface area contributed by atoms with Gasteiger partial charge in [-0.1, -0.05) is 35.5 Å². The van der Waals surface area contributed by atoms with Gasteiger partial charge in [-0.2, -0.15) is 0 Å². The summed E-state index contributed by atoms with van der Waals surface area (Å²) in [7, 11) is 0. The summed E-state index contributed by atoms with van der Waals surface area (Å²) in [6.45, 7) is 2.00. The zero-order valence-electron chi connectivity index (χ0n) is 14.7. The Balaban J connectivity index is 1.64. The number of anilines is 1. The van der Waals surface area contributed by atoms with Gasteiger partial charge in [0.05, 0.1) is 6.61 Å². The molecule has 0 bridgehead atoms. The molecule has 3 aromatic rings. The Morgan fingerprint density at radius 3 is 2.78 bits per heavy atom. The summed E-state index contributed by atoms with van der Waals surface area (Å²) >= 11 is 1.28. The lowest BCUT2D eigenvalue weighted by molar-refractivity contribution is 0.0529. The predicted octanol–water partition coefficient (Wildman–Crippen LogP) is 4.71. The second-order valence-corrected chi connectivity index (χ2v) is 7.16. The molecule has 0 radical (unpaired) electrons. The average molecular weight is 382 g/mol. The highest BCUT2D eigenvalue weighted by atomic mass is 32.1. The first-order chi connectivity index (χ1) is 13.2. The van der Waals surface area contributed by atoms with Crippen molar-refractivity contribution in [3.63, 3.8) is 0 Å². The molecule has 0 atom stereocenters. The molecule has 1 fully saturated rings. The molecule has 1 aliphatic carbocycles. The van der Waals surface area contributed by atoms with E-state index >= 15 is 0 Å².